The van der Waals surface area contributed by atoms with Crippen LogP contribution in [0, 0.1) is 35.0 Å². The van der Waals surface area contributed by atoms with Gasteiger partial charge in [0, 0.05) is 0 Å². The quantitative estimate of drug-likeness (QED) is 0.535. The lowest BCUT2D eigenvalue weighted by atomic mass is 9.50. The molecule has 0 aliphatic heterocycles. The van der Waals surface area contributed by atoms with Crippen molar-refractivity contribution in [2.24, 2.45) is 35.0 Å². The molecule has 4 rings (SSSR count). The summed E-state index contributed by atoms with van der Waals surface area (Å²) in [5, 5.41) is 0. The van der Waals surface area contributed by atoms with Crippen molar-refractivity contribution in [2.75, 3.05) is 0 Å². The Morgan fingerprint density at radius 2 is 1.38 bits per heavy atom. The van der Waals surface area contributed by atoms with Gasteiger partial charge in [0.1, 0.15) is 5.60 Å². The SMILES string of the molecule is CCC(CC)(CC1C2CC3CC(C2)CC1C3)OC(=O)C(C)(C)CC. The van der Waals surface area contributed by atoms with Crippen molar-refractivity contribution in [2.45, 2.75) is 98.0 Å². The zero-order chi connectivity index (χ0) is 17.5. The maximum atomic E-state index is 12.8. The summed E-state index contributed by atoms with van der Waals surface area (Å²) in [5.74, 6) is 4.67. The summed E-state index contributed by atoms with van der Waals surface area (Å²) in [5.41, 5.74) is -0.594. The van der Waals surface area contributed by atoms with E-state index in [-0.39, 0.29) is 17.0 Å². The fourth-order valence-corrected chi connectivity index (χ4v) is 6.00. The molecule has 4 saturated carbocycles. The lowest BCUT2D eigenvalue weighted by Crippen LogP contribution is -2.49. The zero-order valence-corrected chi connectivity index (χ0v) is 16.6. The van der Waals surface area contributed by atoms with E-state index >= 15 is 0 Å². The van der Waals surface area contributed by atoms with E-state index in [9.17, 15) is 4.79 Å². The molecule has 0 unspecified atom stereocenters. The van der Waals surface area contributed by atoms with E-state index in [0.717, 1.165) is 55.3 Å². The first-order valence-corrected chi connectivity index (χ1v) is 10.6. The normalized spacial score (nSPS) is 35.3. The van der Waals surface area contributed by atoms with Crippen molar-refractivity contribution in [3.8, 4) is 0 Å². The Kier molecular flexibility index (Phi) is 5.06. The van der Waals surface area contributed by atoms with Crippen LogP contribution in [0.3, 0.4) is 0 Å². The summed E-state index contributed by atoms with van der Waals surface area (Å²) in [6, 6.07) is 0. The summed E-state index contributed by atoms with van der Waals surface area (Å²) < 4.78 is 6.26. The van der Waals surface area contributed by atoms with Gasteiger partial charge in [-0.2, -0.15) is 0 Å². The van der Waals surface area contributed by atoms with E-state index in [1.54, 1.807) is 0 Å². The summed E-state index contributed by atoms with van der Waals surface area (Å²) in [6.07, 6.45) is 11.2. The molecule has 0 atom stereocenters. The fourth-order valence-electron chi connectivity index (χ4n) is 6.00. The van der Waals surface area contributed by atoms with E-state index < -0.39 is 0 Å². The first kappa shape index (κ1) is 18.3. The number of carbonyl (C=O) groups excluding carboxylic acids is 1. The van der Waals surface area contributed by atoms with Crippen LogP contribution in [0.4, 0.5) is 0 Å². The lowest BCUT2D eigenvalue weighted by Gasteiger charge is -2.56. The predicted molar refractivity (Wildman–Crippen MR) is 98.6 cm³/mol. The van der Waals surface area contributed by atoms with Gasteiger partial charge in [0.2, 0.25) is 0 Å². The molecule has 2 heteroatoms. The number of rotatable bonds is 7. The van der Waals surface area contributed by atoms with Crippen LogP contribution >= 0.6 is 0 Å². The third kappa shape index (κ3) is 3.27. The number of hydrogen-bond donors (Lipinski definition) is 0. The molecule has 0 saturated heterocycles. The van der Waals surface area contributed by atoms with Gasteiger partial charge in [0.25, 0.3) is 0 Å². The molecule has 138 valence electrons. The summed E-state index contributed by atoms with van der Waals surface area (Å²) in [4.78, 5) is 12.8. The molecule has 4 aliphatic carbocycles. The minimum absolute atomic E-state index is 0.0116. The molecular weight excluding hydrogens is 296 g/mol. The molecule has 0 spiro atoms. The summed E-state index contributed by atoms with van der Waals surface area (Å²) in [6.45, 7) is 10.6. The summed E-state index contributed by atoms with van der Waals surface area (Å²) in [7, 11) is 0. The molecule has 2 nitrogen and oxygen atoms in total. The Hall–Kier alpha value is -0.530. The van der Waals surface area contributed by atoms with Crippen LogP contribution in [0.25, 0.3) is 0 Å². The Labute approximate surface area is 149 Å². The lowest BCUT2D eigenvalue weighted by molar-refractivity contribution is -0.178. The van der Waals surface area contributed by atoms with Crippen LogP contribution in [0.5, 0.6) is 0 Å². The Bertz CT molecular complexity index is 433. The molecule has 0 aromatic rings. The maximum Gasteiger partial charge on any atom is 0.312 e. The zero-order valence-electron chi connectivity index (χ0n) is 16.6. The average Bonchev–Trinajstić information content (AvgIpc) is 2.56. The van der Waals surface area contributed by atoms with Gasteiger partial charge in [-0.05, 0) is 101 Å². The molecular formula is C22H38O2. The smallest absolute Gasteiger partial charge is 0.312 e. The highest BCUT2D eigenvalue weighted by Crippen LogP contribution is 2.58. The first-order chi connectivity index (χ1) is 11.3. The maximum absolute atomic E-state index is 12.8. The predicted octanol–water partition coefficient (Wildman–Crippen LogP) is 5.99. The van der Waals surface area contributed by atoms with Crippen molar-refractivity contribution in [1.82, 2.24) is 0 Å². The van der Waals surface area contributed by atoms with E-state index in [1.807, 2.05) is 13.8 Å². The van der Waals surface area contributed by atoms with Gasteiger partial charge < -0.3 is 4.74 Å². The van der Waals surface area contributed by atoms with Crippen molar-refractivity contribution in [3.63, 3.8) is 0 Å². The van der Waals surface area contributed by atoms with Crippen molar-refractivity contribution in [3.05, 3.63) is 0 Å². The molecule has 0 N–H and O–H groups in total. The highest BCUT2D eigenvalue weighted by molar-refractivity contribution is 5.76. The summed E-state index contributed by atoms with van der Waals surface area (Å²) >= 11 is 0. The van der Waals surface area contributed by atoms with Crippen LogP contribution < -0.4 is 0 Å². The first-order valence-electron chi connectivity index (χ1n) is 10.6. The molecule has 0 heterocycles. The molecule has 0 amide bonds. The molecule has 0 aromatic heterocycles. The standard InChI is InChI=1S/C22H38O2/c1-6-21(4,5)20(23)24-22(7-2,8-3)14-19-17-10-15-9-16(12-17)13-18(19)11-15/h15-19H,6-14H2,1-5H3. The van der Waals surface area contributed by atoms with Crippen molar-refractivity contribution in [1.29, 1.82) is 0 Å². The molecule has 0 radical (unpaired) electrons. The van der Waals surface area contributed by atoms with Gasteiger partial charge in [-0.25, -0.2) is 0 Å². The number of carbonyl (C=O) groups is 1. The highest BCUT2D eigenvalue weighted by atomic mass is 16.6. The van der Waals surface area contributed by atoms with Gasteiger partial charge in [0.15, 0.2) is 0 Å². The van der Waals surface area contributed by atoms with Crippen LogP contribution in [-0.2, 0) is 9.53 Å². The molecule has 4 aliphatic rings. The molecule has 4 bridgehead atoms. The highest BCUT2D eigenvalue weighted by Gasteiger charge is 2.50. The van der Waals surface area contributed by atoms with E-state index in [0.29, 0.717) is 0 Å². The number of esters is 1. The Morgan fingerprint density at radius 3 is 1.79 bits per heavy atom. The van der Waals surface area contributed by atoms with Crippen LogP contribution in [0.1, 0.15) is 92.4 Å². The Morgan fingerprint density at radius 1 is 0.875 bits per heavy atom. The number of ether oxygens (including phenoxy) is 1. The molecule has 4 fully saturated rings. The van der Waals surface area contributed by atoms with E-state index in [2.05, 4.69) is 20.8 Å². The van der Waals surface area contributed by atoms with Crippen molar-refractivity contribution >= 4 is 5.97 Å². The second-order valence-electron chi connectivity index (χ2n) is 9.82. The van der Waals surface area contributed by atoms with Gasteiger partial charge in [-0.3, -0.25) is 4.79 Å². The van der Waals surface area contributed by atoms with E-state index in [4.69, 9.17) is 4.74 Å². The topological polar surface area (TPSA) is 26.3 Å². The third-order valence-corrected chi connectivity index (χ3v) is 8.06. The largest absolute Gasteiger partial charge is 0.459 e. The van der Waals surface area contributed by atoms with Crippen LogP contribution in [0.2, 0.25) is 0 Å². The van der Waals surface area contributed by atoms with Gasteiger partial charge >= 0.3 is 5.97 Å². The molecule has 24 heavy (non-hydrogen) atoms. The number of hydrogen-bond acceptors (Lipinski definition) is 2. The minimum atomic E-state index is -0.361. The van der Waals surface area contributed by atoms with Crippen molar-refractivity contribution < 1.29 is 9.53 Å². The van der Waals surface area contributed by atoms with Gasteiger partial charge in [-0.15, -0.1) is 0 Å². The third-order valence-electron chi connectivity index (χ3n) is 8.06. The fraction of sp³-hybridized carbons (Fsp3) is 0.955. The Balaban J connectivity index is 1.73. The monoisotopic (exact) mass is 334 g/mol. The average molecular weight is 335 g/mol. The second kappa shape index (κ2) is 6.65. The van der Waals surface area contributed by atoms with E-state index in [1.165, 1.54) is 32.1 Å². The molecule has 0 aromatic carbocycles. The van der Waals surface area contributed by atoms with Gasteiger partial charge in [0.05, 0.1) is 5.41 Å². The van der Waals surface area contributed by atoms with Crippen LogP contribution in [0.15, 0.2) is 0 Å². The van der Waals surface area contributed by atoms with Crippen LogP contribution in [-0.4, -0.2) is 11.6 Å². The second-order valence-corrected chi connectivity index (χ2v) is 9.82. The minimum Gasteiger partial charge on any atom is -0.459 e. The van der Waals surface area contributed by atoms with Gasteiger partial charge in [-0.1, -0.05) is 20.8 Å².